The van der Waals surface area contributed by atoms with E-state index in [4.69, 9.17) is 9.15 Å². The maximum absolute atomic E-state index is 10.7. The Kier molecular flexibility index (Phi) is 5.84. The first-order chi connectivity index (χ1) is 9.42. The second-order valence-corrected chi connectivity index (χ2v) is 5.06. The molecule has 4 nitrogen and oxygen atoms in total. The van der Waals surface area contributed by atoms with Gasteiger partial charge in [0.1, 0.15) is 12.2 Å². The molecule has 0 unspecified atom stereocenters. The van der Waals surface area contributed by atoms with Gasteiger partial charge >= 0.3 is 6.16 Å². The molecular weight excluding hydrogens is 256 g/mol. The predicted octanol–water partition coefficient (Wildman–Crippen LogP) is 4.56. The molecule has 0 fully saturated rings. The molecular formula is C16H20O4. The highest BCUT2D eigenvalue weighted by Crippen LogP contribution is 2.12. The SMILES string of the molecule is C=CCOC(=O)OC(C)(C)C.c1ccc2cocc2c1. The van der Waals surface area contributed by atoms with Crippen molar-refractivity contribution in [3.8, 4) is 0 Å². The summed E-state index contributed by atoms with van der Waals surface area (Å²) in [4.78, 5) is 10.7. The van der Waals surface area contributed by atoms with Crippen LogP contribution in [-0.4, -0.2) is 18.4 Å². The minimum absolute atomic E-state index is 0.189. The number of hydrogen-bond donors (Lipinski definition) is 0. The molecule has 108 valence electrons. The fourth-order valence-corrected chi connectivity index (χ4v) is 1.31. The van der Waals surface area contributed by atoms with Crippen LogP contribution in [0.5, 0.6) is 0 Å². The van der Waals surface area contributed by atoms with Crippen molar-refractivity contribution < 1.29 is 18.7 Å². The van der Waals surface area contributed by atoms with E-state index in [1.165, 1.54) is 6.08 Å². The molecule has 0 saturated carbocycles. The highest BCUT2D eigenvalue weighted by molar-refractivity contribution is 5.80. The molecule has 1 heterocycles. The Morgan fingerprint density at radius 1 is 1.25 bits per heavy atom. The first kappa shape index (κ1) is 15.8. The van der Waals surface area contributed by atoms with E-state index in [1.54, 1.807) is 33.3 Å². The molecule has 2 rings (SSSR count). The second kappa shape index (κ2) is 7.38. The van der Waals surface area contributed by atoms with Crippen LogP contribution >= 0.6 is 0 Å². The molecule has 0 aliphatic heterocycles. The Morgan fingerprint density at radius 2 is 1.80 bits per heavy atom. The van der Waals surface area contributed by atoms with Gasteiger partial charge in [-0.05, 0) is 20.8 Å². The van der Waals surface area contributed by atoms with Gasteiger partial charge in [0.25, 0.3) is 0 Å². The van der Waals surface area contributed by atoms with Crippen LogP contribution in [0.2, 0.25) is 0 Å². The zero-order valence-electron chi connectivity index (χ0n) is 12.1. The van der Waals surface area contributed by atoms with Crippen molar-refractivity contribution in [3.63, 3.8) is 0 Å². The first-order valence-corrected chi connectivity index (χ1v) is 6.30. The number of benzene rings is 1. The number of fused-ring (bicyclic) bond motifs is 1. The Bertz CT molecular complexity index is 519. The van der Waals surface area contributed by atoms with Crippen LogP contribution in [0.1, 0.15) is 20.8 Å². The average molecular weight is 276 g/mol. The first-order valence-electron chi connectivity index (χ1n) is 6.30. The lowest BCUT2D eigenvalue weighted by atomic mass is 10.2. The van der Waals surface area contributed by atoms with E-state index in [2.05, 4.69) is 11.3 Å². The van der Waals surface area contributed by atoms with Gasteiger partial charge in [0.2, 0.25) is 0 Å². The smallest absolute Gasteiger partial charge is 0.471 e. The monoisotopic (exact) mass is 276 g/mol. The molecule has 0 radical (unpaired) electrons. The molecule has 1 aromatic heterocycles. The van der Waals surface area contributed by atoms with Crippen LogP contribution in [0.3, 0.4) is 0 Å². The Morgan fingerprint density at radius 3 is 2.25 bits per heavy atom. The molecule has 0 amide bonds. The summed E-state index contributed by atoms with van der Waals surface area (Å²) in [6.45, 7) is 8.93. The molecule has 0 saturated heterocycles. The van der Waals surface area contributed by atoms with E-state index in [-0.39, 0.29) is 6.61 Å². The highest BCUT2D eigenvalue weighted by atomic mass is 16.7. The molecule has 20 heavy (non-hydrogen) atoms. The van der Waals surface area contributed by atoms with Crippen LogP contribution in [0.15, 0.2) is 53.9 Å². The summed E-state index contributed by atoms with van der Waals surface area (Å²) in [5, 5.41) is 2.33. The van der Waals surface area contributed by atoms with Crippen molar-refractivity contribution in [1.29, 1.82) is 0 Å². The Balaban J connectivity index is 0.000000202. The molecule has 0 bridgehead atoms. The van der Waals surface area contributed by atoms with Crippen molar-refractivity contribution in [2.24, 2.45) is 0 Å². The molecule has 0 spiro atoms. The van der Waals surface area contributed by atoms with Crippen molar-refractivity contribution >= 4 is 16.9 Å². The molecule has 0 aliphatic carbocycles. The molecule has 0 N–H and O–H groups in total. The third-order valence-electron chi connectivity index (χ3n) is 2.09. The molecule has 2 aromatic rings. The van der Waals surface area contributed by atoms with Crippen molar-refractivity contribution in [2.45, 2.75) is 26.4 Å². The number of carbonyl (C=O) groups is 1. The lowest BCUT2D eigenvalue weighted by Crippen LogP contribution is -2.24. The van der Waals surface area contributed by atoms with Gasteiger partial charge in [-0.2, -0.15) is 0 Å². The van der Waals surface area contributed by atoms with Gasteiger partial charge in [-0.15, -0.1) is 0 Å². The van der Waals surface area contributed by atoms with E-state index in [0.29, 0.717) is 0 Å². The van der Waals surface area contributed by atoms with Gasteiger partial charge in [-0.3, -0.25) is 0 Å². The van der Waals surface area contributed by atoms with Gasteiger partial charge in [0.05, 0.1) is 12.5 Å². The van der Waals surface area contributed by atoms with Gasteiger partial charge in [0.15, 0.2) is 0 Å². The normalized spacial score (nSPS) is 10.3. The summed E-state index contributed by atoms with van der Waals surface area (Å²) < 4.78 is 14.4. The molecule has 4 heteroatoms. The number of carbonyl (C=O) groups excluding carboxylic acids is 1. The number of hydrogen-bond acceptors (Lipinski definition) is 4. The molecule has 1 aromatic carbocycles. The molecule has 0 aliphatic rings. The van der Waals surface area contributed by atoms with Crippen LogP contribution in [-0.2, 0) is 9.47 Å². The summed E-state index contributed by atoms with van der Waals surface area (Å²) in [5.41, 5.74) is -0.488. The molecule has 0 atom stereocenters. The fraction of sp³-hybridized carbons (Fsp3) is 0.312. The van der Waals surface area contributed by atoms with Crippen LogP contribution in [0.4, 0.5) is 4.79 Å². The third kappa shape index (κ3) is 6.09. The van der Waals surface area contributed by atoms with E-state index in [1.807, 2.05) is 24.3 Å². The van der Waals surface area contributed by atoms with Gasteiger partial charge < -0.3 is 13.9 Å². The van der Waals surface area contributed by atoms with Gasteiger partial charge in [-0.25, -0.2) is 4.79 Å². The van der Waals surface area contributed by atoms with E-state index >= 15 is 0 Å². The second-order valence-electron chi connectivity index (χ2n) is 5.06. The fourth-order valence-electron chi connectivity index (χ4n) is 1.31. The summed E-state index contributed by atoms with van der Waals surface area (Å²) in [7, 11) is 0. The standard InChI is InChI=1S/C8H14O3.C8H6O/c1-5-6-10-7(9)11-8(2,3)4;1-2-4-8-6-9-5-7(8)3-1/h5H,1,6H2,2-4H3;1-6H. The topological polar surface area (TPSA) is 48.7 Å². The third-order valence-corrected chi connectivity index (χ3v) is 2.09. The zero-order valence-corrected chi connectivity index (χ0v) is 12.1. The Hall–Kier alpha value is -2.23. The largest absolute Gasteiger partial charge is 0.509 e. The van der Waals surface area contributed by atoms with E-state index in [9.17, 15) is 4.79 Å². The lowest BCUT2D eigenvalue weighted by molar-refractivity contribution is -0.00238. The van der Waals surface area contributed by atoms with Crippen molar-refractivity contribution in [2.75, 3.05) is 6.61 Å². The Labute approximate surface area is 119 Å². The van der Waals surface area contributed by atoms with Gasteiger partial charge in [-0.1, -0.05) is 36.9 Å². The summed E-state index contributed by atoms with van der Waals surface area (Å²) in [5.74, 6) is 0. The van der Waals surface area contributed by atoms with Crippen LogP contribution in [0.25, 0.3) is 10.8 Å². The lowest BCUT2D eigenvalue weighted by Gasteiger charge is -2.18. The van der Waals surface area contributed by atoms with Crippen LogP contribution < -0.4 is 0 Å². The van der Waals surface area contributed by atoms with Crippen molar-refractivity contribution in [3.05, 3.63) is 49.4 Å². The zero-order chi connectivity index (χ0) is 15.0. The number of rotatable bonds is 2. The van der Waals surface area contributed by atoms with Gasteiger partial charge in [0, 0.05) is 10.8 Å². The number of ether oxygens (including phenoxy) is 2. The minimum Gasteiger partial charge on any atom is -0.471 e. The number of furan rings is 1. The van der Waals surface area contributed by atoms with E-state index < -0.39 is 11.8 Å². The summed E-state index contributed by atoms with van der Waals surface area (Å²) in [6, 6.07) is 8.05. The minimum atomic E-state index is -0.655. The highest BCUT2D eigenvalue weighted by Gasteiger charge is 2.16. The van der Waals surface area contributed by atoms with Crippen molar-refractivity contribution in [1.82, 2.24) is 0 Å². The van der Waals surface area contributed by atoms with E-state index in [0.717, 1.165) is 10.8 Å². The predicted molar refractivity (Wildman–Crippen MR) is 78.6 cm³/mol. The summed E-state index contributed by atoms with van der Waals surface area (Å²) >= 11 is 0. The quantitative estimate of drug-likeness (QED) is 0.596. The average Bonchev–Trinajstić information content (AvgIpc) is 2.83. The maximum Gasteiger partial charge on any atom is 0.509 e. The maximum atomic E-state index is 10.7. The van der Waals surface area contributed by atoms with Crippen LogP contribution in [0, 0.1) is 0 Å². The summed E-state index contributed by atoms with van der Waals surface area (Å²) in [6.07, 6.45) is 4.33.